The quantitative estimate of drug-likeness (QED) is 0.933. The van der Waals surface area contributed by atoms with Crippen LogP contribution in [0.3, 0.4) is 0 Å². The third kappa shape index (κ3) is 3.12. The van der Waals surface area contributed by atoms with E-state index in [4.69, 9.17) is 16.3 Å². The number of benzene rings is 1. The first-order valence-electron chi connectivity index (χ1n) is 7.84. The van der Waals surface area contributed by atoms with E-state index in [0.717, 1.165) is 43.2 Å². The van der Waals surface area contributed by atoms with Crippen LogP contribution in [-0.4, -0.2) is 40.4 Å². The van der Waals surface area contributed by atoms with Crippen LogP contribution < -0.4 is 9.64 Å². The van der Waals surface area contributed by atoms with Crippen LogP contribution >= 0.6 is 11.6 Å². The number of hydrogen-bond donors (Lipinski definition) is 1. The van der Waals surface area contributed by atoms with Crippen molar-refractivity contribution in [1.29, 1.82) is 0 Å². The molecule has 0 spiro atoms. The summed E-state index contributed by atoms with van der Waals surface area (Å²) in [7, 11) is 0. The van der Waals surface area contributed by atoms with Crippen LogP contribution in [0.1, 0.15) is 24.5 Å². The van der Waals surface area contributed by atoms with E-state index < -0.39 is 0 Å². The topological polar surface area (TPSA) is 58.5 Å². The smallest absolute Gasteiger partial charge is 0.134 e. The number of aliphatic hydroxyl groups excluding tert-OH is 1. The summed E-state index contributed by atoms with van der Waals surface area (Å²) in [6.45, 7) is 1.60. The summed E-state index contributed by atoms with van der Waals surface area (Å²) >= 11 is 5.97. The molecular weight excluding hydrogens is 314 g/mol. The van der Waals surface area contributed by atoms with Crippen LogP contribution in [0.2, 0.25) is 5.02 Å². The monoisotopic (exact) mass is 331 g/mol. The molecular formula is C17H18ClN3O2. The highest BCUT2D eigenvalue weighted by atomic mass is 35.5. The summed E-state index contributed by atoms with van der Waals surface area (Å²) in [4.78, 5) is 10.9. The lowest BCUT2D eigenvalue weighted by Gasteiger charge is -2.40. The largest absolute Gasteiger partial charge is 0.487 e. The first-order chi connectivity index (χ1) is 11.2. The van der Waals surface area contributed by atoms with Crippen molar-refractivity contribution >= 4 is 17.4 Å². The van der Waals surface area contributed by atoms with E-state index in [0.29, 0.717) is 10.9 Å². The molecule has 2 aliphatic rings. The van der Waals surface area contributed by atoms with Crippen LogP contribution in [0.5, 0.6) is 5.75 Å². The van der Waals surface area contributed by atoms with E-state index in [-0.39, 0.29) is 12.2 Å². The van der Waals surface area contributed by atoms with Gasteiger partial charge in [0.15, 0.2) is 0 Å². The van der Waals surface area contributed by atoms with E-state index in [1.807, 2.05) is 30.3 Å². The summed E-state index contributed by atoms with van der Waals surface area (Å²) in [5, 5.41) is 10.1. The van der Waals surface area contributed by atoms with Crippen molar-refractivity contribution in [1.82, 2.24) is 9.97 Å². The summed E-state index contributed by atoms with van der Waals surface area (Å²) in [5.74, 6) is 2.10. The van der Waals surface area contributed by atoms with Gasteiger partial charge in [-0.2, -0.15) is 0 Å². The molecule has 6 heteroatoms. The Morgan fingerprint density at radius 3 is 2.74 bits per heavy atom. The maximum Gasteiger partial charge on any atom is 0.134 e. The zero-order valence-electron chi connectivity index (χ0n) is 12.6. The van der Waals surface area contributed by atoms with E-state index in [9.17, 15) is 5.11 Å². The van der Waals surface area contributed by atoms with Crippen LogP contribution in [0.15, 0.2) is 36.7 Å². The second-order valence-corrected chi connectivity index (χ2v) is 6.66. The molecule has 0 unspecified atom stereocenters. The highest BCUT2D eigenvalue weighted by Crippen LogP contribution is 2.36. The summed E-state index contributed by atoms with van der Waals surface area (Å²) < 4.78 is 5.90. The van der Waals surface area contributed by atoms with E-state index in [2.05, 4.69) is 14.9 Å². The fourth-order valence-electron chi connectivity index (χ4n) is 3.02. The molecule has 1 N–H and O–H groups in total. The Morgan fingerprint density at radius 1 is 1.17 bits per heavy atom. The van der Waals surface area contributed by atoms with Gasteiger partial charge in [0.2, 0.25) is 0 Å². The lowest BCUT2D eigenvalue weighted by Crippen LogP contribution is -2.54. The number of aliphatic hydroxyl groups is 1. The number of ether oxygens (including phenoxy) is 1. The molecule has 2 aromatic rings. The predicted molar refractivity (Wildman–Crippen MR) is 88.1 cm³/mol. The normalized spacial score (nSPS) is 24.0. The summed E-state index contributed by atoms with van der Waals surface area (Å²) in [6, 6.07) is 9.50. The van der Waals surface area contributed by atoms with Crippen molar-refractivity contribution in [2.75, 3.05) is 18.0 Å². The van der Waals surface area contributed by atoms with Gasteiger partial charge in [0.05, 0.1) is 19.2 Å². The molecule has 1 aliphatic heterocycles. The van der Waals surface area contributed by atoms with Gasteiger partial charge in [-0.1, -0.05) is 17.7 Å². The van der Waals surface area contributed by atoms with Gasteiger partial charge in [0.1, 0.15) is 24.0 Å². The Kier molecular flexibility index (Phi) is 3.83. The van der Waals surface area contributed by atoms with Gasteiger partial charge >= 0.3 is 0 Å². The average molecular weight is 332 g/mol. The van der Waals surface area contributed by atoms with E-state index in [1.54, 1.807) is 6.33 Å². The minimum Gasteiger partial charge on any atom is -0.487 e. The minimum atomic E-state index is -0.169. The molecule has 4 rings (SSSR count). The number of halogens is 1. The van der Waals surface area contributed by atoms with Gasteiger partial charge in [-0.25, -0.2) is 9.97 Å². The Hall–Kier alpha value is -1.85. The maximum atomic E-state index is 9.43. The molecule has 1 saturated carbocycles. The standard InChI is InChI=1S/C17H18ClN3O2/c18-12-2-1-3-14(6-12)23-15-8-21(9-15)17-7-16(19-10-20-17)11-4-13(22)5-11/h1-3,6-7,10-11,13,15,22H,4-5,8-9H2. The zero-order chi connectivity index (χ0) is 15.8. The fourth-order valence-corrected chi connectivity index (χ4v) is 3.20. The third-order valence-electron chi connectivity index (χ3n) is 4.48. The fraction of sp³-hybridized carbons (Fsp3) is 0.412. The van der Waals surface area contributed by atoms with Crippen LogP contribution in [0.4, 0.5) is 5.82 Å². The van der Waals surface area contributed by atoms with Crippen molar-refractivity contribution < 1.29 is 9.84 Å². The van der Waals surface area contributed by atoms with Gasteiger partial charge in [-0.05, 0) is 31.0 Å². The second-order valence-electron chi connectivity index (χ2n) is 6.23. The Labute approximate surface area is 139 Å². The van der Waals surface area contributed by atoms with Gasteiger partial charge in [0.25, 0.3) is 0 Å². The number of anilines is 1. The lowest BCUT2D eigenvalue weighted by atomic mass is 9.80. The molecule has 2 fully saturated rings. The average Bonchev–Trinajstić information content (AvgIpc) is 2.47. The van der Waals surface area contributed by atoms with Gasteiger partial charge < -0.3 is 14.7 Å². The van der Waals surface area contributed by atoms with Crippen LogP contribution in [-0.2, 0) is 0 Å². The molecule has 0 atom stereocenters. The Balaban J connectivity index is 1.35. The number of aromatic nitrogens is 2. The number of nitrogens with zero attached hydrogens (tertiary/aromatic N) is 3. The molecule has 1 aromatic carbocycles. The lowest BCUT2D eigenvalue weighted by molar-refractivity contribution is 0.0732. The first kappa shape index (κ1) is 14.7. The molecule has 1 aromatic heterocycles. The molecule has 5 nitrogen and oxygen atoms in total. The Morgan fingerprint density at radius 2 is 2.00 bits per heavy atom. The molecule has 0 bridgehead atoms. The SMILES string of the molecule is OC1CC(c2cc(N3CC(Oc4cccc(Cl)c4)C3)ncn2)C1. The van der Waals surface area contributed by atoms with E-state index >= 15 is 0 Å². The first-order valence-corrected chi connectivity index (χ1v) is 8.22. The highest BCUT2D eigenvalue weighted by Gasteiger charge is 2.32. The summed E-state index contributed by atoms with van der Waals surface area (Å²) in [5.41, 5.74) is 1.03. The molecule has 120 valence electrons. The zero-order valence-corrected chi connectivity index (χ0v) is 13.4. The van der Waals surface area contributed by atoms with E-state index in [1.165, 1.54) is 0 Å². The van der Waals surface area contributed by atoms with Crippen molar-refractivity contribution in [3.8, 4) is 5.75 Å². The predicted octanol–water partition coefficient (Wildman–Crippen LogP) is 2.64. The van der Waals surface area contributed by atoms with Crippen molar-refractivity contribution in [3.63, 3.8) is 0 Å². The van der Waals surface area contributed by atoms with Crippen molar-refractivity contribution in [3.05, 3.63) is 47.4 Å². The van der Waals surface area contributed by atoms with Gasteiger partial charge in [-0.3, -0.25) is 0 Å². The van der Waals surface area contributed by atoms with Crippen LogP contribution in [0, 0.1) is 0 Å². The molecule has 0 amide bonds. The molecule has 2 heterocycles. The Bertz CT molecular complexity index is 700. The van der Waals surface area contributed by atoms with Crippen molar-refractivity contribution in [2.45, 2.75) is 31.0 Å². The second kappa shape index (κ2) is 5.98. The third-order valence-corrected chi connectivity index (χ3v) is 4.71. The summed E-state index contributed by atoms with van der Waals surface area (Å²) in [6.07, 6.45) is 3.20. The molecule has 0 radical (unpaired) electrons. The van der Waals surface area contributed by atoms with Gasteiger partial charge in [-0.15, -0.1) is 0 Å². The van der Waals surface area contributed by atoms with Gasteiger partial charge in [0, 0.05) is 22.7 Å². The molecule has 1 saturated heterocycles. The van der Waals surface area contributed by atoms with Crippen molar-refractivity contribution in [2.24, 2.45) is 0 Å². The van der Waals surface area contributed by atoms with Crippen LogP contribution in [0.25, 0.3) is 0 Å². The number of rotatable bonds is 4. The number of hydrogen-bond acceptors (Lipinski definition) is 5. The maximum absolute atomic E-state index is 9.43. The minimum absolute atomic E-state index is 0.150. The highest BCUT2D eigenvalue weighted by molar-refractivity contribution is 6.30. The molecule has 23 heavy (non-hydrogen) atoms. The molecule has 1 aliphatic carbocycles.